The van der Waals surface area contributed by atoms with E-state index in [2.05, 4.69) is 0 Å². The van der Waals surface area contributed by atoms with E-state index in [4.69, 9.17) is 4.74 Å². The van der Waals surface area contributed by atoms with Crippen LogP contribution in [0.2, 0.25) is 0 Å². The van der Waals surface area contributed by atoms with E-state index < -0.39 is 21.1 Å². The highest BCUT2D eigenvalue weighted by molar-refractivity contribution is 7.92. The fourth-order valence-corrected chi connectivity index (χ4v) is 3.76. The van der Waals surface area contributed by atoms with Crippen LogP contribution in [0.3, 0.4) is 0 Å². The molecule has 0 radical (unpaired) electrons. The molecule has 0 aliphatic rings. The lowest BCUT2D eigenvalue weighted by atomic mass is 10.1. The van der Waals surface area contributed by atoms with Crippen LogP contribution in [-0.4, -0.2) is 26.2 Å². The van der Waals surface area contributed by atoms with Crippen LogP contribution in [-0.2, 0) is 25.8 Å². The summed E-state index contributed by atoms with van der Waals surface area (Å²) in [6.45, 7) is 1.81. The van der Waals surface area contributed by atoms with Gasteiger partial charge >= 0.3 is 5.97 Å². The molecule has 0 fully saturated rings. The highest BCUT2D eigenvalue weighted by atomic mass is 32.2. The minimum absolute atomic E-state index is 0.0941. The fraction of sp³-hybridized carbons (Fsp3) is 0.235. The van der Waals surface area contributed by atoms with Crippen molar-refractivity contribution < 1.29 is 17.9 Å². The van der Waals surface area contributed by atoms with Crippen molar-refractivity contribution in [3.05, 3.63) is 66.2 Å². The second-order valence-electron chi connectivity index (χ2n) is 4.79. The summed E-state index contributed by atoms with van der Waals surface area (Å²) in [7, 11) is -3.80. The molecular weight excluding hydrogens is 300 g/mol. The molecule has 1 unspecified atom stereocenters. The van der Waals surface area contributed by atoms with E-state index in [-0.39, 0.29) is 17.9 Å². The van der Waals surface area contributed by atoms with Gasteiger partial charge in [0.2, 0.25) is 0 Å². The molecule has 2 aromatic carbocycles. The molecule has 0 saturated heterocycles. The van der Waals surface area contributed by atoms with Gasteiger partial charge < -0.3 is 4.74 Å². The highest BCUT2D eigenvalue weighted by Crippen LogP contribution is 2.20. The molecule has 5 heteroatoms. The largest absolute Gasteiger partial charge is 0.465 e. The number of benzene rings is 2. The van der Waals surface area contributed by atoms with Gasteiger partial charge in [-0.3, -0.25) is 4.79 Å². The van der Waals surface area contributed by atoms with Crippen molar-refractivity contribution in [3.63, 3.8) is 0 Å². The SMILES string of the molecule is CCOC(=O)C(Cc1ccccc1)S(=O)(=O)c1ccccc1. The number of rotatable bonds is 6. The maximum Gasteiger partial charge on any atom is 0.325 e. The van der Waals surface area contributed by atoms with Gasteiger partial charge in [0.1, 0.15) is 0 Å². The third-order valence-electron chi connectivity index (χ3n) is 3.26. The van der Waals surface area contributed by atoms with Crippen LogP contribution in [0.1, 0.15) is 12.5 Å². The topological polar surface area (TPSA) is 60.4 Å². The van der Waals surface area contributed by atoms with Crippen LogP contribution in [0.5, 0.6) is 0 Å². The molecule has 0 aliphatic carbocycles. The standard InChI is InChI=1S/C17H18O4S/c1-2-21-17(18)16(13-14-9-5-3-6-10-14)22(19,20)15-11-7-4-8-12-15/h3-12,16H,2,13H2,1H3. The van der Waals surface area contributed by atoms with E-state index in [1.54, 1.807) is 37.3 Å². The van der Waals surface area contributed by atoms with E-state index in [1.165, 1.54) is 12.1 Å². The summed E-state index contributed by atoms with van der Waals surface area (Å²) in [6, 6.07) is 17.1. The van der Waals surface area contributed by atoms with E-state index >= 15 is 0 Å². The Morgan fingerprint density at radius 3 is 2.09 bits per heavy atom. The lowest BCUT2D eigenvalue weighted by molar-refractivity contribution is -0.142. The molecule has 22 heavy (non-hydrogen) atoms. The van der Waals surface area contributed by atoms with Gasteiger partial charge in [-0.2, -0.15) is 0 Å². The Balaban J connectivity index is 2.38. The van der Waals surface area contributed by atoms with Gasteiger partial charge in [0.15, 0.2) is 15.1 Å². The van der Waals surface area contributed by atoms with Gasteiger partial charge in [-0.25, -0.2) is 8.42 Å². The molecule has 1 atom stereocenters. The van der Waals surface area contributed by atoms with Gasteiger partial charge in [-0.15, -0.1) is 0 Å². The van der Waals surface area contributed by atoms with Gasteiger partial charge in [-0.1, -0.05) is 48.5 Å². The summed E-state index contributed by atoms with van der Waals surface area (Å²) in [5.41, 5.74) is 0.778. The molecule has 0 N–H and O–H groups in total. The maximum atomic E-state index is 12.8. The van der Waals surface area contributed by atoms with E-state index in [0.29, 0.717) is 0 Å². The van der Waals surface area contributed by atoms with Gasteiger partial charge in [-0.05, 0) is 24.6 Å². The normalized spacial score (nSPS) is 12.6. The Kier molecular flexibility index (Phi) is 5.33. The summed E-state index contributed by atoms with van der Waals surface area (Å²) in [4.78, 5) is 12.3. The van der Waals surface area contributed by atoms with Crippen LogP contribution in [0.25, 0.3) is 0 Å². The highest BCUT2D eigenvalue weighted by Gasteiger charge is 2.35. The van der Waals surface area contributed by atoms with Crippen LogP contribution in [0.15, 0.2) is 65.6 Å². The molecule has 0 heterocycles. The molecule has 0 aliphatic heterocycles. The summed E-state index contributed by atoms with van der Waals surface area (Å²) in [5, 5.41) is -1.24. The van der Waals surface area contributed by atoms with Crippen LogP contribution >= 0.6 is 0 Å². The van der Waals surface area contributed by atoms with Crippen molar-refractivity contribution in [1.82, 2.24) is 0 Å². The lowest BCUT2D eigenvalue weighted by Crippen LogP contribution is -2.34. The first-order chi connectivity index (χ1) is 10.6. The average molecular weight is 318 g/mol. The Hall–Kier alpha value is -2.14. The molecule has 116 valence electrons. The average Bonchev–Trinajstić information content (AvgIpc) is 2.54. The first-order valence-corrected chi connectivity index (χ1v) is 8.60. The zero-order valence-corrected chi connectivity index (χ0v) is 13.1. The lowest BCUT2D eigenvalue weighted by Gasteiger charge is -2.16. The Bertz CT molecular complexity index is 709. The third kappa shape index (κ3) is 3.74. The second-order valence-corrected chi connectivity index (χ2v) is 6.92. The number of ether oxygens (including phenoxy) is 1. The number of carbonyl (C=O) groups excluding carboxylic acids is 1. The summed E-state index contributed by atoms with van der Waals surface area (Å²) in [6.07, 6.45) is 0.0941. The molecule has 4 nitrogen and oxygen atoms in total. The van der Waals surface area contributed by atoms with Gasteiger partial charge in [0, 0.05) is 6.42 Å². The smallest absolute Gasteiger partial charge is 0.325 e. The monoisotopic (exact) mass is 318 g/mol. The van der Waals surface area contributed by atoms with Gasteiger partial charge in [0.25, 0.3) is 0 Å². The van der Waals surface area contributed by atoms with Crippen molar-refractivity contribution in [1.29, 1.82) is 0 Å². The van der Waals surface area contributed by atoms with Crippen LogP contribution in [0.4, 0.5) is 0 Å². The summed E-state index contributed by atoms with van der Waals surface area (Å²) in [5.74, 6) is -0.713. The Morgan fingerprint density at radius 1 is 1.00 bits per heavy atom. The molecule has 2 aromatic rings. The van der Waals surface area contributed by atoms with E-state index in [9.17, 15) is 13.2 Å². The third-order valence-corrected chi connectivity index (χ3v) is 5.30. The predicted octanol–water partition coefficient (Wildman–Crippen LogP) is 2.63. The zero-order chi connectivity index (χ0) is 16.0. The van der Waals surface area contributed by atoms with Gasteiger partial charge in [0.05, 0.1) is 11.5 Å². The zero-order valence-electron chi connectivity index (χ0n) is 12.3. The summed E-state index contributed by atoms with van der Waals surface area (Å²) >= 11 is 0. The Morgan fingerprint density at radius 2 is 1.55 bits per heavy atom. The minimum atomic E-state index is -3.80. The predicted molar refractivity (Wildman–Crippen MR) is 84.2 cm³/mol. The number of sulfone groups is 1. The first-order valence-electron chi connectivity index (χ1n) is 7.05. The fourth-order valence-electron chi connectivity index (χ4n) is 2.16. The molecular formula is C17H18O4S. The Labute approximate surface area is 130 Å². The second kappa shape index (κ2) is 7.22. The van der Waals surface area contributed by atoms with Crippen molar-refractivity contribution in [2.24, 2.45) is 0 Å². The van der Waals surface area contributed by atoms with Crippen LogP contribution in [0, 0.1) is 0 Å². The molecule has 2 rings (SSSR count). The molecule has 0 aromatic heterocycles. The molecule has 0 bridgehead atoms. The van der Waals surface area contributed by atoms with Crippen molar-refractivity contribution >= 4 is 15.8 Å². The quantitative estimate of drug-likeness (QED) is 0.768. The van der Waals surface area contributed by atoms with Crippen molar-refractivity contribution in [2.75, 3.05) is 6.61 Å². The number of hydrogen-bond acceptors (Lipinski definition) is 4. The molecule has 0 amide bonds. The number of hydrogen-bond donors (Lipinski definition) is 0. The van der Waals surface area contributed by atoms with Crippen molar-refractivity contribution in [2.45, 2.75) is 23.5 Å². The maximum absolute atomic E-state index is 12.8. The number of carbonyl (C=O) groups is 1. The van der Waals surface area contributed by atoms with Crippen molar-refractivity contribution in [3.8, 4) is 0 Å². The first kappa shape index (κ1) is 16.2. The molecule has 0 saturated carbocycles. The molecule has 0 spiro atoms. The minimum Gasteiger partial charge on any atom is -0.465 e. The summed E-state index contributed by atoms with van der Waals surface area (Å²) < 4.78 is 30.5. The van der Waals surface area contributed by atoms with E-state index in [0.717, 1.165) is 5.56 Å². The number of esters is 1. The van der Waals surface area contributed by atoms with Crippen LogP contribution < -0.4 is 0 Å². The van der Waals surface area contributed by atoms with E-state index in [1.807, 2.05) is 18.2 Å².